The summed E-state index contributed by atoms with van der Waals surface area (Å²) in [6.45, 7) is 1.95. The fraction of sp³-hybridized carbons (Fsp3) is 0.286. The predicted molar refractivity (Wildman–Crippen MR) is 54.7 cm³/mol. The van der Waals surface area contributed by atoms with Gasteiger partial charge in [0.15, 0.2) is 11.7 Å². The zero-order chi connectivity index (χ0) is 11.1. The summed E-state index contributed by atoms with van der Waals surface area (Å²) in [5.74, 6) is 0.204. The largest absolute Gasteiger partial charge is 0.382 e. The molecule has 1 aliphatic rings. The van der Waals surface area contributed by atoms with Crippen molar-refractivity contribution in [3.05, 3.63) is 18.1 Å². The van der Waals surface area contributed by atoms with Crippen LogP contribution in [0.25, 0.3) is 0 Å². The highest BCUT2D eigenvalue weighted by Crippen LogP contribution is 2.24. The van der Waals surface area contributed by atoms with E-state index in [1.54, 1.807) is 6.92 Å². The molecule has 8 heteroatoms. The van der Waals surface area contributed by atoms with Crippen molar-refractivity contribution < 1.29 is 8.42 Å². The maximum absolute atomic E-state index is 11.6. The molecule has 80 valence electrons. The molecule has 15 heavy (non-hydrogen) atoms. The molecule has 1 aromatic heterocycles. The van der Waals surface area contributed by atoms with E-state index in [1.807, 2.05) is 0 Å². The van der Waals surface area contributed by atoms with E-state index in [0.717, 1.165) is 4.31 Å². The van der Waals surface area contributed by atoms with Crippen LogP contribution in [0.5, 0.6) is 0 Å². The standard InChI is InChI=1S/C7H9N5O2S/c1-2-12-7-5(3-9-4-10-7)6(8)11-15(12,13)14/h3-4H,2H2,1H3,(H2,8,11). The molecule has 0 aromatic carbocycles. The average Bonchev–Trinajstić information content (AvgIpc) is 2.17. The Bertz CT molecular complexity index is 524. The second kappa shape index (κ2) is 3.16. The minimum absolute atomic E-state index is 0.0738. The maximum Gasteiger partial charge on any atom is 0.347 e. The Kier molecular flexibility index (Phi) is 2.07. The molecule has 0 aliphatic carbocycles. The average molecular weight is 227 g/mol. The third-order valence-electron chi connectivity index (χ3n) is 1.98. The van der Waals surface area contributed by atoms with Crippen LogP contribution in [-0.4, -0.2) is 30.8 Å². The van der Waals surface area contributed by atoms with Crippen molar-refractivity contribution in [2.45, 2.75) is 6.92 Å². The lowest BCUT2D eigenvalue weighted by Crippen LogP contribution is -2.37. The van der Waals surface area contributed by atoms with Gasteiger partial charge in [-0.2, -0.15) is 8.42 Å². The van der Waals surface area contributed by atoms with Crippen LogP contribution in [0.4, 0.5) is 5.82 Å². The van der Waals surface area contributed by atoms with E-state index in [1.165, 1.54) is 12.5 Å². The molecule has 2 heterocycles. The van der Waals surface area contributed by atoms with E-state index in [4.69, 9.17) is 5.73 Å². The van der Waals surface area contributed by atoms with Crippen LogP contribution in [0.15, 0.2) is 16.9 Å². The zero-order valence-electron chi connectivity index (χ0n) is 7.95. The van der Waals surface area contributed by atoms with E-state index in [-0.39, 0.29) is 18.2 Å². The fourth-order valence-electron chi connectivity index (χ4n) is 1.35. The van der Waals surface area contributed by atoms with Gasteiger partial charge in [-0.25, -0.2) is 14.3 Å². The van der Waals surface area contributed by atoms with Crippen molar-refractivity contribution in [3.8, 4) is 0 Å². The van der Waals surface area contributed by atoms with Gasteiger partial charge in [0.05, 0.1) is 5.56 Å². The molecule has 0 saturated heterocycles. The van der Waals surface area contributed by atoms with Gasteiger partial charge in [0.1, 0.15) is 6.33 Å². The molecule has 0 amide bonds. The first-order chi connectivity index (χ1) is 7.06. The van der Waals surface area contributed by atoms with Crippen LogP contribution in [0.1, 0.15) is 12.5 Å². The van der Waals surface area contributed by atoms with E-state index in [9.17, 15) is 8.42 Å². The van der Waals surface area contributed by atoms with Crippen LogP contribution in [0.2, 0.25) is 0 Å². The molecule has 1 aliphatic heterocycles. The minimum atomic E-state index is -3.73. The van der Waals surface area contributed by atoms with Gasteiger partial charge in [-0.05, 0) is 6.92 Å². The molecular weight excluding hydrogens is 218 g/mol. The zero-order valence-corrected chi connectivity index (χ0v) is 8.77. The number of hydrogen-bond donors (Lipinski definition) is 1. The Balaban J connectivity index is 2.72. The third-order valence-corrected chi connectivity index (χ3v) is 3.40. The molecule has 0 atom stereocenters. The lowest BCUT2D eigenvalue weighted by atomic mass is 10.3. The molecule has 0 saturated carbocycles. The molecule has 0 radical (unpaired) electrons. The monoisotopic (exact) mass is 227 g/mol. The highest BCUT2D eigenvalue weighted by atomic mass is 32.2. The van der Waals surface area contributed by atoms with Crippen molar-refractivity contribution in [1.82, 2.24) is 9.97 Å². The topological polar surface area (TPSA) is 102 Å². The van der Waals surface area contributed by atoms with Gasteiger partial charge in [0.25, 0.3) is 0 Å². The first kappa shape index (κ1) is 9.84. The van der Waals surface area contributed by atoms with Crippen molar-refractivity contribution in [2.75, 3.05) is 10.8 Å². The first-order valence-corrected chi connectivity index (χ1v) is 5.64. The Morgan fingerprint density at radius 1 is 1.53 bits per heavy atom. The summed E-state index contributed by atoms with van der Waals surface area (Å²) in [5.41, 5.74) is 5.94. The van der Waals surface area contributed by atoms with Crippen molar-refractivity contribution >= 4 is 21.9 Å². The number of aromatic nitrogens is 2. The summed E-state index contributed by atoms with van der Waals surface area (Å²) in [5, 5.41) is 0. The molecule has 1 aromatic rings. The summed E-state index contributed by atoms with van der Waals surface area (Å²) in [6.07, 6.45) is 2.72. The van der Waals surface area contributed by atoms with Gasteiger partial charge in [0.2, 0.25) is 0 Å². The molecule has 0 spiro atoms. The summed E-state index contributed by atoms with van der Waals surface area (Å²) < 4.78 is 27.7. The van der Waals surface area contributed by atoms with E-state index < -0.39 is 10.2 Å². The second-order valence-corrected chi connectivity index (χ2v) is 4.40. The molecule has 0 unspecified atom stereocenters. The van der Waals surface area contributed by atoms with Gasteiger partial charge in [0, 0.05) is 12.7 Å². The normalized spacial score (nSPS) is 18.2. The fourth-order valence-corrected chi connectivity index (χ4v) is 2.48. The Morgan fingerprint density at radius 3 is 2.93 bits per heavy atom. The minimum Gasteiger partial charge on any atom is -0.382 e. The van der Waals surface area contributed by atoms with Gasteiger partial charge in [-0.3, -0.25) is 0 Å². The Hall–Kier alpha value is -1.70. The highest BCUT2D eigenvalue weighted by Gasteiger charge is 2.30. The summed E-state index contributed by atoms with van der Waals surface area (Å²) in [6, 6.07) is 0. The molecule has 0 bridgehead atoms. The number of fused-ring (bicyclic) bond motifs is 1. The van der Waals surface area contributed by atoms with E-state index in [2.05, 4.69) is 14.4 Å². The highest BCUT2D eigenvalue weighted by molar-refractivity contribution is 7.91. The van der Waals surface area contributed by atoms with Gasteiger partial charge in [-0.1, -0.05) is 0 Å². The number of hydrogen-bond acceptors (Lipinski definition) is 5. The number of amidine groups is 1. The summed E-state index contributed by atoms with van der Waals surface area (Å²) in [7, 11) is -3.73. The number of rotatable bonds is 1. The predicted octanol–water partition coefficient (Wildman–Crippen LogP) is -0.733. The van der Waals surface area contributed by atoms with Crippen LogP contribution < -0.4 is 10.0 Å². The molecular formula is C7H9N5O2S. The SMILES string of the molecule is CCN1c2ncncc2C(N)=NS1(=O)=O. The first-order valence-electron chi connectivity index (χ1n) is 4.24. The van der Waals surface area contributed by atoms with Crippen molar-refractivity contribution in [3.63, 3.8) is 0 Å². The molecule has 7 nitrogen and oxygen atoms in total. The van der Waals surface area contributed by atoms with Crippen molar-refractivity contribution in [2.24, 2.45) is 10.1 Å². The van der Waals surface area contributed by atoms with Crippen LogP contribution >= 0.6 is 0 Å². The number of nitrogens with two attached hydrogens (primary N) is 1. The Morgan fingerprint density at radius 2 is 2.27 bits per heavy atom. The molecule has 2 N–H and O–H groups in total. The van der Waals surface area contributed by atoms with Crippen molar-refractivity contribution in [1.29, 1.82) is 0 Å². The van der Waals surface area contributed by atoms with Crippen LogP contribution in [0.3, 0.4) is 0 Å². The molecule has 2 rings (SSSR count). The summed E-state index contributed by atoms with van der Waals surface area (Å²) in [4.78, 5) is 7.66. The van der Waals surface area contributed by atoms with Gasteiger partial charge in [-0.15, -0.1) is 4.40 Å². The van der Waals surface area contributed by atoms with E-state index in [0.29, 0.717) is 5.56 Å². The van der Waals surface area contributed by atoms with Gasteiger partial charge < -0.3 is 5.73 Å². The molecule has 0 fully saturated rings. The number of nitrogens with zero attached hydrogens (tertiary/aromatic N) is 4. The lowest BCUT2D eigenvalue weighted by Gasteiger charge is -2.24. The lowest BCUT2D eigenvalue weighted by molar-refractivity contribution is 0.592. The Labute approximate surface area is 86.9 Å². The summed E-state index contributed by atoms with van der Waals surface area (Å²) >= 11 is 0. The number of anilines is 1. The quantitative estimate of drug-likeness (QED) is 0.681. The van der Waals surface area contributed by atoms with E-state index >= 15 is 0 Å². The third kappa shape index (κ3) is 1.42. The second-order valence-electron chi connectivity index (χ2n) is 2.88. The van der Waals surface area contributed by atoms with Crippen LogP contribution in [0, 0.1) is 0 Å². The smallest absolute Gasteiger partial charge is 0.347 e. The van der Waals surface area contributed by atoms with Crippen LogP contribution in [-0.2, 0) is 10.2 Å². The van der Waals surface area contributed by atoms with Gasteiger partial charge >= 0.3 is 10.2 Å². The maximum atomic E-state index is 11.6.